The van der Waals surface area contributed by atoms with Crippen LogP contribution in [-0.2, 0) is 0 Å². The van der Waals surface area contributed by atoms with Crippen LogP contribution in [0.5, 0.6) is 11.5 Å². The summed E-state index contributed by atoms with van der Waals surface area (Å²) in [4.78, 5) is 10.5. The summed E-state index contributed by atoms with van der Waals surface area (Å²) in [6.45, 7) is 0. The zero-order valence-electron chi connectivity index (χ0n) is 10.2. The van der Waals surface area contributed by atoms with Gasteiger partial charge in [0, 0.05) is 16.1 Å². The lowest BCUT2D eigenvalue weighted by atomic mass is 10.2. The van der Waals surface area contributed by atoms with Gasteiger partial charge < -0.3 is 10.5 Å². The first kappa shape index (κ1) is 14.0. The Morgan fingerprint density at radius 3 is 2.45 bits per heavy atom. The Labute approximate surface area is 123 Å². The molecule has 0 aromatic heterocycles. The van der Waals surface area contributed by atoms with E-state index in [1.165, 1.54) is 12.1 Å². The first-order valence-electron chi connectivity index (χ1n) is 5.53. The van der Waals surface area contributed by atoms with E-state index in [0.29, 0.717) is 15.8 Å². The summed E-state index contributed by atoms with van der Waals surface area (Å²) >= 11 is 3.18. The molecule has 0 amide bonds. The maximum Gasteiger partial charge on any atom is 0.312 e. The molecule has 2 aromatic carbocycles. The average molecular weight is 336 g/mol. The third-order valence-electron chi connectivity index (χ3n) is 2.51. The second kappa shape index (κ2) is 5.70. The summed E-state index contributed by atoms with van der Waals surface area (Å²) in [5, 5.41) is 18.3. The molecule has 0 heterocycles. The summed E-state index contributed by atoms with van der Waals surface area (Å²) in [5.74, 6) is 0.528. The van der Waals surface area contributed by atoms with Crippen molar-refractivity contribution in [3.05, 3.63) is 62.6 Å². The lowest BCUT2D eigenvalue weighted by molar-refractivity contribution is -0.385. The molecular formula is C13H10BrN3O3. The van der Waals surface area contributed by atoms with Crippen molar-refractivity contribution in [1.82, 2.24) is 0 Å². The zero-order valence-corrected chi connectivity index (χ0v) is 11.8. The number of ether oxygens (including phenoxy) is 1. The van der Waals surface area contributed by atoms with Crippen molar-refractivity contribution in [2.24, 2.45) is 5.73 Å². The van der Waals surface area contributed by atoms with Gasteiger partial charge in [0.15, 0.2) is 0 Å². The second-order valence-corrected chi connectivity index (χ2v) is 4.82. The minimum Gasteiger partial charge on any atom is -0.450 e. The fourth-order valence-corrected chi connectivity index (χ4v) is 1.90. The van der Waals surface area contributed by atoms with Crippen molar-refractivity contribution in [3.8, 4) is 11.5 Å². The van der Waals surface area contributed by atoms with Crippen molar-refractivity contribution < 1.29 is 9.66 Å². The lowest BCUT2D eigenvalue weighted by Gasteiger charge is -2.07. The molecule has 6 nitrogen and oxygen atoms in total. The van der Waals surface area contributed by atoms with Crippen LogP contribution in [0.3, 0.4) is 0 Å². The van der Waals surface area contributed by atoms with E-state index in [0.717, 1.165) is 0 Å². The molecule has 102 valence electrons. The molecule has 0 aliphatic heterocycles. The molecule has 0 saturated heterocycles. The van der Waals surface area contributed by atoms with Crippen LogP contribution < -0.4 is 10.5 Å². The van der Waals surface area contributed by atoms with E-state index in [-0.39, 0.29) is 17.3 Å². The summed E-state index contributed by atoms with van der Waals surface area (Å²) in [6.07, 6.45) is 0. The molecule has 20 heavy (non-hydrogen) atoms. The number of nitrogens with two attached hydrogens (primary N) is 1. The number of hydrogen-bond acceptors (Lipinski definition) is 4. The quantitative estimate of drug-likeness (QED) is 0.386. The highest BCUT2D eigenvalue weighted by atomic mass is 79.9. The van der Waals surface area contributed by atoms with E-state index in [9.17, 15) is 10.1 Å². The maximum absolute atomic E-state index is 11.0. The molecule has 0 atom stereocenters. The first-order chi connectivity index (χ1) is 9.47. The van der Waals surface area contributed by atoms with Crippen LogP contribution in [-0.4, -0.2) is 10.8 Å². The van der Waals surface area contributed by atoms with Gasteiger partial charge in [0.25, 0.3) is 0 Å². The Morgan fingerprint density at radius 1 is 1.25 bits per heavy atom. The van der Waals surface area contributed by atoms with Crippen molar-refractivity contribution in [1.29, 1.82) is 5.41 Å². The highest BCUT2D eigenvalue weighted by Crippen LogP contribution is 2.33. The second-order valence-electron chi connectivity index (χ2n) is 3.91. The van der Waals surface area contributed by atoms with Crippen LogP contribution >= 0.6 is 15.9 Å². The predicted molar refractivity (Wildman–Crippen MR) is 78.3 cm³/mol. The number of nitrogens with one attached hydrogen (secondary N) is 1. The molecule has 0 saturated carbocycles. The number of nitrogen functional groups attached to an aromatic ring is 1. The van der Waals surface area contributed by atoms with E-state index in [2.05, 4.69) is 15.9 Å². The van der Waals surface area contributed by atoms with Gasteiger partial charge in [-0.1, -0.05) is 15.9 Å². The molecule has 0 bridgehead atoms. The Bertz CT molecular complexity index is 671. The molecule has 0 unspecified atom stereocenters. The normalized spacial score (nSPS) is 10.1. The van der Waals surface area contributed by atoms with Crippen LogP contribution in [0.1, 0.15) is 5.56 Å². The summed E-state index contributed by atoms with van der Waals surface area (Å²) < 4.78 is 6.09. The van der Waals surface area contributed by atoms with Crippen molar-refractivity contribution in [2.75, 3.05) is 0 Å². The minimum absolute atomic E-state index is 0.0498. The molecule has 0 aliphatic rings. The van der Waals surface area contributed by atoms with Gasteiger partial charge in [-0.3, -0.25) is 15.5 Å². The van der Waals surface area contributed by atoms with Gasteiger partial charge in [-0.15, -0.1) is 0 Å². The number of halogens is 1. The highest BCUT2D eigenvalue weighted by Gasteiger charge is 2.16. The van der Waals surface area contributed by atoms with Crippen molar-refractivity contribution in [3.63, 3.8) is 0 Å². The zero-order chi connectivity index (χ0) is 14.7. The Balaban J connectivity index is 2.30. The van der Waals surface area contributed by atoms with E-state index in [1.54, 1.807) is 30.3 Å². The topological polar surface area (TPSA) is 102 Å². The molecule has 0 radical (unpaired) electrons. The Hall–Kier alpha value is -2.41. The fourth-order valence-electron chi connectivity index (χ4n) is 1.55. The van der Waals surface area contributed by atoms with Gasteiger partial charge >= 0.3 is 5.69 Å². The van der Waals surface area contributed by atoms with Crippen LogP contribution in [0.4, 0.5) is 5.69 Å². The molecular weight excluding hydrogens is 326 g/mol. The number of nitrogens with zero attached hydrogens (tertiary/aromatic N) is 1. The molecule has 0 spiro atoms. The number of nitro groups is 1. The standard InChI is InChI=1S/C13H10BrN3O3/c14-9-3-6-12(11(7-9)17(18)19)20-10-4-1-8(2-5-10)13(15)16/h1-7H,(H3,15,16). The van der Waals surface area contributed by atoms with Gasteiger partial charge in [-0.05, 0) is 36.4 Å². The summed E-state index contributed by atoms with van der Waals surface area (Å²) in [5.41, 5.74) is 5.77. The van der Waals surface area contributed by atoms with Crippen LogP contribution in [0.15, 0.2) is 46.9 Å². The van der Waals surface area contributed by atoms with Gasteiger partial charge in [0.1, 0.15) is 11.6 Å². The molecule has 2 rings (SSSR count). The minimum atomic E-state index is -0.510. The van der Waals surface area contributed by atoms with Gasteiger partial charge in [-0.25, -0.2) is 0 Å². The Morgan fingerprint density at radius 2 is 1.90 bits per heavy atom. The smallest absolute Gasteiger partial charge is 0.312 e. The first-order valence-corrected chi connectivity index (χ1v) is 6.33. The maximum atomic E-state index is 11.0. The van der Waals surface area contributed by atoms with E-state index < -0.39 is 4.92 Å². The van der Waals surface area contributed by atoms with Crippen LogP contribution in [0.2, 0.25) is 0 Å². The Kier molecular flexibility index (Phi) is 3.99. The van der Waals surface area contributed by atoms with Crippen molar-refractivity contribution >= 4 is 27.5 Å². The molecule has 0 fully saturated rings. The number of nitro benzene ring substituents is 1. The number of hydrogen-bond donors (Lipinski definition) is 2. The van der Waals surface area contributed by atoms with Gasteiger partial charge in [0.05, 0.1) is 4.92 Å². The number of benzene rings is 2. The number of rotatable bonds is 4. The number of amidine groups is 1. The van der Waals surface area contributed by atoms with E-state index >= 15 is 0 Å². The van der Waals surface area contributed by atoms with Crippen molar-refractivity contribution in [2.45, 2.75) is 0 Å². The van der Waals surface area contributed by atoms with E-state index in [1.807, 2.05) is 0 Å². The molecule has 0 aliphatic carbocycles. The largest absolute Gasteiger partial charge is 0.450 e. The monoisotopic (exact) mass is 335 g/mol. The SMILES string of the molecule is N=C(N)c1ccc(Oc2ccc(Br)cc2[N+](=O)[O-])cc1. The third-order valence-corrected chi connectivity index (χ3v) is 3.00. The highest BCUT2D eigenvalue weighted by molar-refractivity contribution is 9.10. The molecule has 3 N–H and O–H groups in total. The van der Waals surface area contributed by atoms with Gasteiger partial charge in [0.2, 0.25) is 5.75 Å². The summed E-state index contributed by atoms with van der Waals surface area (Å²) in [6, 6.07) is 11.0. The molecule has 2 aromatic rings. The van der Waals surface area contributed by atoms with E-state index in [4.69, 9.17) is 15.9 Å². The lowest BCUT2D eigenvalue weighted by Crippen LogP contribution is -2.10. The third kappa shape index (κ3) is 3.12. The average Bonchev–Trinajstić information content (AvgIpc) is 2.41. The van der Waals surface area contributed by atoms with Gasteiger partial charge in [-0.2, -0.15) is 0 Å². The molecule has 7 heteroatoms. The summed E-state index contributed by atoms with van der Waals surface area (Å²) in [7, 11) is 0. The van der Waals surface area contributed by atoms with Crippen LogP contribution in [0.25, 0.3) is 0 Å². The predicted octanol–water partition coefficient (Wildman–Crippen LogP) is 3.43. The van der Waals surface area contributed by atoms with Crippen LogP contribution in [0, 0.1) is 15.5 Å². The fraction of sp³-hybridized carbons (Fsp3) is 0.